The number of benzene rings is 1. The molecule has 4 aromatic rings. The fourth-order valence-electron chi connectivity index (χ4n) is 3.41. The van der Waals surface area contributed by atoms with Crippen LogP contribution in [0.3, 0.4) is 0 Å². The zero-order valence-corrected chi connectivity index (χ0v) is 18.5. The fraction of sp³-hybridized carbons (Fsp3) is 0.318. The molecule has 0 atom stereocenters. The summed E-state index contributed by atoms with van der Waals surface area (Å²) < 4.78 is 14.0. The van der Waals surface area contributed by atoms with Gasteiger partial charge in [0, 0.05) is 6.07 Å². The number of aromatic nitrogens is 4. The average Bonchev–Trinajstić information content (AvgIpc) is 3.39. The molecule has 4 rings (SSSR count). The Bertz CT molecular complexity index is 1230. The number of thiophene rings is 1. The van der Waals surface area contributed by atoms with Crippen molar-refractivity contribution in [2.45, 2.75) is 32.9 Å². The van der Waals surface area contributed by atoms with Gasteiger partial charge in [-0.15, -0.1) is 11.3 Å². The minimum atomic E-state index is -0.341. The Morgan fingerprint density at radius 1 is 1.10 bits per heavy atom. The summed E-state index contributed by atoms with van der Waals surface area (Å²) in [5.74, 6) is 1.33. The van der Waals surface area contributed by atoms with Crippen molar-refractivity contribution >= 4 is 22.2 Å². The van der Waals surface area contributed by atoms with Gasteiger partial charge in [-0.1, -0.05) is 6.07 Å². The maximum absolute atomic E-state index is 13.5. The molecule has 0 aliphatic rings. The molecule has 0 saturated carbocycles. The third-order valence-corrected chi connectivity index (χ3v) is 5.69. The molecule has 30 heavy (non-hydrogen) atoms. The molecule has 156 valence electrons. The first kappa shape index (κ1) is 20.2. The lowest BCUT2D eigenvalue weighted by atomic mass is 10.1. The maximum Gasteiger partial charge on any atom is 0.293 e. The lowest BCUT2D eigenvalue weighted by Crippen LogP contribution is -2.30. The van der Waals surface area contributed by atoms with Crippen molar-refractivity contribution in [2.75, 3.05) is 14.2 Å². The van der Waals surface area contributed by atoms with Crippen LogP contribution < -0.4 is 15.0 Å². The predicted octanol–water partition coefficient (Wildman–Crippen LogP) is 4.14. The van der Waals surface area contributed by atoms with Gasteiger partial charge in [0.1, 0.15) is 22.7 Å². The van der Waals surface area contributed by atoms with Gasteiger partial charge in [0.2, 0.25) is 0 Å². The van der Waals surface area contributed by atoms with E-state index in [1.54, 1.807) is 42.5 Å². The van der Waals surface area contributed by atoms with E-state index in [0.717, 1.165) is 21.5 Å². The number of hydrogen-bond donors (Lipinski definition) is 0. The Balaban J connectivity index is 1.94. The molecular formula is C22H24N4O3S. The van der Waals surface area contributed by atoms with Crippen LogP contribution in [0, 0.1) is 0 Å². The van der Waals surface area contributed by atoms with Crippen LogP contribution in [0.4, 0.5) is 0 Å². The molecule has 0 fully saturated rings. The SMILES string of the molecule is COc1cc(Cn2nc(-c3cccs3)c3cnn(C(C)(C)C)c3c2=O)cc(OC)c1. The van der Waals surface area contributed by atoms with E-state index in [1.807, 2.05) is 50.4 Å². The van der Waals surface area contributed by atoms with Crippen LogP contribution >= 0.6 is 11.3 Å². The Morgan fingerprint density at radius 2 is 1.80 bits per heavy atom. The van der Waals surface area contributed by atoms with Crippen molar-refractivity contribution in [3.8, 4) is 22.1 Å². The number of rotatable bonds is 5. The van der Waals surface area contributed by atoms with E-state index in [2.05, 4.69) is 5.10 Å². The third-order valence-electron chi connectivity index (χ3n) is 4.82. The molecule has 0 radical (unpaired) electrons. The molecule has 0 saturated heterocycles. The summed E-state index contributed by atoms with van der Waals surface area (Å²) >= 11 is 1.59. The summed E-state index contributed by atoms with van der Waals surface area (Å²) in [6.45, 7) is 6.38. The number of nitrogens with zero attached hydrogens (tertiary/aromatic N) is 4. The van der Waals surface area contributed by atoms with Crippen LogP contribution in [0.1, 0.15) is 26.3 Å². The highest BCUT2D eigenvalue weighted by Gasteiger charge is 2.23. The topological polar surface area (TPSA) is 71.2 Å². The highest BCUT2D eigenvalue weighted by atomic mass is 32.1. The van der Waals surface area contributed by atoms with Crippen LogP contribution in [0.25, 0.3) is 21.5 Å². The summed E-state index contributed by atoms with van der Waals surface area (Å²) in [7, 11) is 3.21. The van der Waals surface area contributed by atoms with Crippen molar-refractivity contribution in [1.82, 2.24) is 19.6 Å². The van der Waals surface area contributed by atoms with Gasteiger partial charge in [-0.05, 0) is 49.9 Å². The Labute approximate surface area is 178 Å². The second-order valence-corrected chi connectivity index (χ2v) is 8.95. The minimum absolute atomic E-state index is 0.181. The molecule has 3 heterocycles. The lowest BCUT2D eigenvalue weighted by molar-refractivity contribution is 0.366. The van der Waals surface area contributed by atoms with E-state index in [0.29, 0.717) is 17.0 Å². The number of methoxy groups -OCH3 is 2. The van der Waals surface area contributed by atoms with E-state index in [1.165, 1.54) is 4.68 Å². The molecular weight excluding hydrogens is 400 g/mol. The van der Waals surface area contributed by atoms with Crippen LogP contribution in [-0.2, 0) is 12.1 Å². The monoisotopic (exact) mass is 424 g/mol. The molecule has 0 unspecified atom stereocenters. The molecule has 0 aliphatic heterocycles. The van der Waals surface area contributed by atoms with Crippen molar-refractivity contribution in [3.05, 3.63) is 57.8 Å². The van der Waals surface area contributed by atoms with Gasteiger partial charge in [-0.3, -0.25) is 9.48 Å². The van der Waals surface area contributed by atoms with E-state index in [9.17, 15) is 4.79 Å². The van der Waals surface area contributed by atoms with E-state index < -0.39 is 0 Å². The largest absolute Gasteiger partial charge is 0.497 e. The first-order valence-electron chi connectivity index (χ1n) is 9.57. The highest BCUT2D eigenvalue weighted by molar-refractivity contribution is 7.13. The number of hydrogen-bond acceptors (Lipinski definition) is 6. The van der Waals surface area contributed by atoms with Crippen molar-refractivity contribution in [1.29, 1.82) is 0 Å². The molecule has 0 aliphatic carbocycles. The van der Waals surface area contributed by atoms with E-state index >= 15 is 0 Å². The smallest absolute Gasteiger partial charge is 0.293 e. The summed E-state index contributed by atoms with van der Waals surface area (Å²) in [5.41, 5.74) is 1.64. The van der Waals surface area contributed by atoms with Gasteiger partial charge in [-0.2, -0.15) is 10.2 Å². The summed E-state index contributed by atoms with van der Waals surface area (Å²) in [6, 6.07) is 9.54. The quantitative estimate of drug-likeness (QED) is 0.481. The van der Waals surface area contributed by atoms with Crippen LogP contribution in [0.15, 0.2) is 46.7 Å². The van der Waals surface area contributed by atoms with E-state index in [4.69, 9.17) is 14.6 Å². The number of ether oxygens (including phenoxy) is 2. The van der Waals surface area contributed by atoms with Gasteiger partial charge in [0.15, 0.2) is 0 Å². The molecule has 8 heteroatoms. The fourth-order valence-corrected chi connectivity index (χ4v) is 4.13. The normalized spacial score (nSPS) is 11.8. The Kier molecular flexibility index (Phi) is 5.11. The maximum atomic E-state index is 13.5. The zero-order valence-electron chi connectivity index (χ0n) is 17.7. The minimum Gasteiger partial charge on any atom is -0.497 e. The van der Waals surface area contributed by atoms with Gasteiger partial charge >= 0.3 is 0 Å². The Morgan fingerprint density at radius 3 is 2.37 bits per heavy atom. The zero-order chi connectivity index (χ0) is 21.5. The van der Waals surface area contributed by atoms with Crippen molar-refractivity contribution in [3.63, 3.8) is 0 Å². The molecule has 0 bridgehead atoms. The van der Waals surface area contributed by atoms with Crippen molar-refractivity contribution in [2.24, 2.45) is 0 Å². The average molecular weight is 425 g/mol. The van der Waals surface area contributed by atoms with Gasteiger partial charge < -0.3 is 9.47 Å². The third kappa shape index (κ3) is 3.59. The molecule has 1 aromatic carbocycles. The summed E-state index contributed by atoms with van der Waals surface area (Å²) in [6.07, 6.45) is 1.74. The second kappa shape index (κ2) is 7.60. The van der Waals surface area contributed by atoms with Crippen LogP contribution in [0.2, 0.25) is 0 Å². The molecule has 0 amide bonds. The first-order chi connectivity index (χ1) is 14.3. The number of fused-ring (bicyclic) bond motifs is 1. The highest BCUT2D eigenvalue weighted by Crippen LogP contribution is 2.30. The van der Waals surface area contributed by atoms with Gasteiger partial charge in [0.25, 0.3) is 5.56 Å². The first-order valence-corrected chi connectivity index (χ1v) is 10.4. The van der Waals surface area contributed by atoms with Gasteiger partial charge in [-0.25, -0.2) is 4.68 Å². The van der Waals surface area contributed by atoms with E-state index in [-0.39, 0.29) is 17.6 Å². The molecule has 0 N–H and O–H groups in total. The molecule has 0 spiro atoms. The summed E-state index contributed by atoms with van der Waals surface area (Å²) in [5, 5.41) is 12.0. The van der Waals surface area contributed by atoms with Crippen LogP contribution in [-0.4, -0.2) is 33.8 Å². The summed E-state index contributed by atoms with van der Waals surface area (Å²) in [4.78, 5) is 14.5. The second-order valence-electron chi connectivity index (χ2n) is 8.00. The predicted molar refractivity (Wildman–Crippen MR) is 119 cm³/mol. The van der Waals surface area contributed by atoms with Crippen molar-refractivity contribution < 1.29 is 9.47 Å². The lowest BCUT2D eigenvalue weighted by Gasteiger charge is -2.20. The molecule has 3 aromatic heterocycles. The van der Waals surface area contributed by atoms with Crippen LogP contribution in [0.5, 0.6) is 11.5 Å². The standard InChI is InChI=1S/C22H24N4O3S/c1-22(2,3)26-20-17(12-23-26)19(18-7-6-8-30-18)24-25(21(20)27)13-14-9-15(28-4)11-16(10-14)29-5/h6-12H,13H2,1-5H3. The van der Waals surface area contributed by atoms with Gasteiger partial charge in [0.05, 0.1) is 42.8 Å². The Hall–Kier alpha value is -3.13. The molecule has 7 nitrogen and oxygen atoms in total.